The van der Waals surface area contributed by atoms with Gasteiger partial charge < -0.3 is 14.6 Å². The predicted molar refractivity (Wildman–Crippen MR) is 49.3 cm³/mol. The van der Waals surface area contributed by atoms with Crippen LogP contribution in [0.15, 0.2) is 12.3 Å². The molecule has 0 aliphatic carbocycles. The average molecular weight is 251 g/mol. The molecule has 0 radical (unpaired) electrons. The number of halogens is 3. The summed E-state index contributed by atoms with van der Waals surface area (Å²) >= 11 is 0. The van der Waals surface area contributed by atoms with Crippen molar-refractivity contribution in [2.24, 2.45) is 0 Å². The van der Waals surface area contributed by atoms with Gasteiger partial charge in [0.2, 0.25) is 0 Å². The van der Waals surface area contributed by atoms with E-state index in [0.29, 0.717) is 0 Å². The van der Waals surface area contributed by atoms with Gasteiger partial charge >= 0.3 is 12.1 Å². The molecule has 17 heavy (non-hydrogen) atoms. The molecule has 1 N–H and O–H groups in total. The maximum Gasteiger partial charge on any atom is 0.422 e. The van der Waals surface area contributed by atoms with Crippen LogP contribution in [0.4, 0.5) is 13.2 Å². The molecule has 94 valence electrons. The first-order valence-corrected chi connectivity index (χ1v) is 4.30. The monoisotopic (exact) mass is 251 g/mol. The minimum Gasteiger partial charge on any atom is -0.491 e. The van der Waals surface area contributed by atoms with Crippen molar-refractivity contribution in [1.29, 1.82) is 0 Å². The van der Waals surface area contributed by atoms with Crippen LogP contribution in [0.2, 0.25) is 0 Å². The molecule has 1 aromatic rings. The molecule has 0 aromatic carbocycles. The van der Waals surface area contributed by atoms with Gasteiger partial charge in [0.25, 0.3) is 5.88 Å². The van der Waals surface area contributed by atoms with Gasteiger partial charge in [-0.05, 0) is 0 Å². The van der Waals surface area contributed by atoms with Crippen molar-refractivity contribution in [3.8, 4) is 11.6 Å². The Morgan fingerprint density at radius 2 is 2.18 bits per heavy atom. The largest absolute Gasteiger partial charge is 0.491 e. The third-order valence-corrected chi connectivity index (χ3v) is 1.66. The van der Waals surface area contributed by atoms with Gasteiger partial charge in [-0.15, -0.1) is 0 Å². The normalized spacial score (nSPS) is 11.1. The minimum atomic E-state index is -4.50. The fraction of sp³-hybridized carbons (Fsp3) is 0.333. The molecule has 1 rings (SSSR count). The molecule has 0 amide bonds. The summed E-state index contributed by atoms with van der Waals surface area (Å²) in [6, 6.07) is 1.03. The summed E-state index contributed by atoms with van der Waals surface area (Å²) in [7, 11) is 1.17. The number of hydrogen-bond acceptors (Lipinski definition) is 4. The van der Waals surface area contributed by atoms with Gasteiger partial charge in [0.05, 0.1) is 12.7 Å². The van der Waals surface area contributed by atoms with Crippen LogP contribution in [0, 0.1) is 0 Å². The number of carbonyl (C=O) groups is 1. The summed E-state index contributed by atoms with van der Waals surface area (Å²) in [4.78, 5) is 14.0. The third-order valence-electron chi connectivity index (χ3n) is 1.66. The smallest absolute Gasteiger partial charge is 0.422 e. The molecule has 0 atom stereocenters. The van der Waals surface area contributed by atoms with Crippen molar-refractivity contribution < 1.29 is 32.5 Å². The molecule has 5 nitrogen and oxygen atoms in total. The number of ether oxygens (including phenoxy) is 2. The second kappa shape index (κ2) is 4.89. The molecular weight excluding hydrogens is 243 g/mol. The molecular formula is C9H8F3NO4. The highest BCUT2D eigenvalue weighted by Gasteiger charge is 2.29. The van der Waals surface area contributed by atoms with Crippen molar-refractivity contribution in [2.45, 2.75) is 6.18 Å². The van der Waals surface area contributed by atoms with Gasteiger partial charge in [-0.2, -0.15) is 13.2 Å². The Hall–Kier alpha value is -1.99. The van der Waals surface area contributed by atoms with Crippen LogP contribution in [-0.2, 0) is 0 Å². The Bertz CT molecular complexity index is 419. The minimum absolute atomic E-state index is 0.172. The molecule has 1 heterocycles. The Morgan fingerprint density at radius 1 is 1.53 bits per heavy atom. The highest BCUT2D eigenvalue weighted by Crippen LogP contribution is 2.27. The molecule has 0 saturated heterocycles. The summed E-state index contributed by atoms with van der Waals surface area (Å²) in [5.74, 6) is -1.85. The number of carboxylic acids is 1. The first-order valence-electron chi connectivity index (χ1n) is 4.30. The van der Waals surface area contributed by atoms with Crippen molar-refractivity contribution in [1.82, 2.24) is 4.98 Å². The number of alkyl halides is 3. The fourth-order valence-electron chi connectivity index (χ4n) is 0.954. The maximum atomic E-state index is 11.9. The highest BCUT2D eigenvalue weighted by molar-refractivity contribution is 5.87. The van der Waals surface area contributed by atoms with E-state index in [0.717, 1.165) is 12.3 Å². The van der Waals surface area contributed by atoms with Crippen LogP contribution < -0.4 is 9.47 Å². The van der Waals surface area contributed by atoms with Gasteiger partial charge in [-0.3, -0.25) is 0 Å². The molecule has 0 fully saturated rings. The lowest BCUT2D eigenvalue weighted by Crippen LogP contribution is -2.20. The second-order valence-electron chi connectivity index (χ2n) is 2.94. The van der Waals surface area contributed by atoms with Crippen molar-refractivity contribution in [3.05, 3.63) is 17.8 Å². The van der Waals surface area contributed by atoms with E-state index in [9.17, 15) is 18.0 Å². The number of nitrogens with zero attached hydrogens (tertiary/aromatic N) is 1. The van der Waals surface area contributed by atoms with Crippen LogP contribution in [0.3, 0.4) is 0 Å². The van der Waals surface area contributed by atoms with E-state index in [1.54, 1.807) is 0 Å². The highest BCUT2D eigenvalue weighted by atomic mass is 19.4. The zero-order valence-corrected chi connectivity index (χ0v) is 8.61. The maximum absolute atomic E-state index is 11.9. The van der Waals surface area contributed by atoms with E-state index in [1.165, 1.54) is 7.11 Å². The number of methoxy groups -OCH3 is 1. The summed E-state index contributed by atoms with van der Waals surface area (Å²) < 4.78 is 44.7. The second-order valence-corrected chi connectivity index (χ2v) is 2.94. The van der Waals surface area contributed by atoms with E-state index in [1.807, 2.05) is 0 Å². The van der Waals surface area contributed by atoms with Gasteiger partial charge in [-0.1, -0.05) is 0 Å². The summed E-state index contributed by atoms with van der Waals surface area (Å²) in [6.45, 7) is -1.53. The Kier molecular flexibility index (Phi) is 3.77. The lowest BCUT2D eigenvalue weighted by atomic mass is 10.3. The molecule has 0 unspecified atom stereocenters. The SMILES string of the molecule is COc1cc(C(=O)O)cnc1OCC(F)(F)F. The van der Waals surface area contributed by atoms with Crippen LogP contribution >= 0.6 is 0 Å². The zero-order valence-electron chi connectivity index (χ0n) is 8.61. The zero-order chi connectivity index (χ0) is 13.1. The quantitative estimate of drug-likeness (QED) is 0.882. The van der Waals surface area contributed by atoms with E-state index in [-0.39, 0.29) is 11.3 Å². The van der Waals surface area contributed by atoms with Crippen molar-refractivity contribution in [2.75, 3.05) is 13.7 Å². The van der Waals surface area contributed by atoms with Gasteiger partial charge in [0, 0.05) is 12.3 Å². The average Bonchev–Trinajstić information content (AvgIpc) is 2.24. The van der Waals surface area contributed by atoms with E-state index in [2.05, 4.69) is 14.5 Å². The van der Waals surface area contributed by atoms with Gasteiger partial charge in [0.1, 0.15) is 0 Å². The van der Waals surface area contributed by atoms with Crippen LogP contribution in [-0.4, -0.2) is 36.0 Å². The molecule has 1 aromatic heterocycles. The first-order chi connectivity index (χ1) is 7.83. The van der Waals surface area contributed by atoms with Gasteiger partial charge in [0.15, 0.2) is 12.4 Å². The number of pyridine rings is 1. The first kappa shape index (κ1) is 13.1. The molecule has 0 aliphatic heterocycles. The topological polar surface area (TPSA) is 68.7 Å². The Balaban J connectivity index is 2.89. The lowest BCUT2D eigenvalue weighted by molar-refractivity contribution is -0.154. The lowest BCUT2D eigenvalue weighted by Gasteiger charge is -2.11. The van der Waals surface area contributed by atoms with Crippen LogP contribution in [0.25, 0.3) is 0 Å². The predicted octanol–water partition coefficient (Wildman–Crippen LogP) is 1.73. The van der Waals surface area contributed by atoms with Crippen molar-refractivity contribution in [3.63, 3.8) is 0 Å². The van der Waals surface area contributed by atoms with Crippen molar-refractivity contribution >= 4 is 5.97 Å². The molecule has 0 spiro atoms. The number of aromatic carboxylic acids is 1. The number of rotatable bonds is 4. The third kappa shape index (κ3) is 3.82. The fourth-order valence-corrected chi connectivity index (χ4v) is 0.954. The van der Waals surface area contributed by atoms with Crippen LogP contribution in [0.5, 0.6) is 11.6 Å². The molecule has 0 aliphatic rings. The number of aromatic nitrogens is 1. The van der Waals surface area contributed by atoms with E-state index in [4.69, 9.17) is 5.11 Å². The molecule has 0 bridgehead atoms. The summed E-state index contributed by atoms with van der Waals surface area (Å²) in [5, 5.41) is 8.64. The van der Waals surface area contributed by atoms with Gasteiger partial charge in [-0.25, -0.2) is 9.78 Å². The van der Waals surface area contributed by atoms with E-state index < -0.39 is 24.6 Å². The summed E-state index contributed by atoms with van der Waals surface area (Å²) in [5.41, 5.74) is -0.207. The Labute approximate surface area is 93.8 Å². The summed E-state index contributed by atoms with van der Waals surface area (Å²) in [6.07, 6.45) is -3.62. The number of carboxylic acid groups (broad SMARTS) is 1. The van der Waals surface area contributed by atoms with Crippen LogP contribution in [0.1, 0.15) is 10.4 Å². The number of hydrogen-bond donors (Lipinski definition) is 1. The van der Waals surface area contributed by atoms with E-state index >= 15 is 0 Å². The molecule has 8 heteroatoms. The standard InChI is InChI=1S/C9H8F3NO4/c1-16-6-2-5(8(14)15)3-13-7(6)17-4-9(10,11)12/h2-3H,4H2,1H3,(H,14,15). The Morgan fingerprint density at radius 3 is 2.65 bits per heavy atom. The molecule has 0 saturated carbocycles.